The Labute approximate surface area is 127 Å². The molecule has 3 aromatic rings. The van der Waals surface area contributed by atoms with E-state index in [9.17, 15) is 9.90 Å². The van der Waals surface area contributed by atoms with Gasteiger partial charge in [-0.3, -0.25) is 4.98 Å². The minimum absolute atomic E-state index is 0.205. The Morgan fingerprint density at radius 1 is 1.14 bits per heavy atom. The van der Waals surface area contributed by atoms with Crippen LogP contribution in [0, 0.1) is 13.8 Å². The lowest BCUT2D eigenvalue weighted by Crippen LogP contribution is -2.04. The Morgan fingerprint density at radius 3 is 2.55 bits per heavy atom. The SMILES string of the molecule is Cc1ccccc1-n1nc(C)c(C(=O)O)c1-c1cccnc1. The molecular formula is C17H15N3O2. The smallest absolute Gasteiger partial charge is 0.339 e. The van der Waals surface area contributed by atoms with Crippen LogP contribution >= 0.6 is 0 Å². The topological polar surface area (TPSA) is 68.0 Å². The summed E-state index contributed by atoms with van der Waals surface area (Å²) >= 11 is 0. The predicted molar refractivity (Wildman–Crippen MR) is 83.2 cm³/mol. The minimum Gasteiger partial charge on any atom is -0.478 e. The van der Waals surface area contributed by atoms with Crippen LogP contribution in [-0.4, -0.2) is 25.8 Å². The van der Waals surface area contributed by atoms with E-state index in [1.54, 1.807) is 30.1 Å². The Hall–Kier alpha value is -2.95. The maximum Gasteiger partial charge on any atom is 0.339 e. The largest absolute Gasteiger partial charge is 0.478 e. The molecule has 22 heavy (non-hydrogen) atoms. The van der Waals surface area contributed by atoms with Gasteiger partial charge in [0.15, 0.2) is 0 Å². The summed E-state index contributed by atoms with van der Waals surface area (Å²) in [4.78, 5) is 15.8. The van der Waals surface area contributed by atoms with Gasteiger partial charge in [0.05, 0.1) is 17.1 Å². The van der Waals surface area contributed by atoms with Crippen molar-refractivity contribution in [2.45, 2.75) is 13.8 Å². The molecule has 0 saturated carbocycles. The van der Waals surface area contributed by atoms with Gasteiger partial charge in [0.1, 0.15) is 5.56 Å². The highest BCUT2D eigenvalue weighted by Gasteiger charge is 2.23. The summed E-state index contributed by atoms with van der Waals surface area (Å²) in [5.41, 5.74) is 3.84. The molecule has 0 aliphatic carbocycles. The minimum atomic E-state index is -0.990. The van der Waals surface area contributed by atoms with Gasteiger partial charge in [0, 0.05) is 18.0 Å². The Bertz CT molecular complexity index is 838. The van der Waals surface area contributed by atoms with Gasteiger partial charge >= 0.3 is 5.97 Å². The Balaban J connectivity index is 2.35. The molecule has 1 aromatic carbocycles. The summed E-state index contributed by atoms with van der Waals surface area (Å²) in [5.74, 6) is -0.990. The zero-order chi connectivity index (χ0) is 15.7. The third-order valence-electron chi connectivity index (χ3n) is 3.55. The molecule has 0 atom stereocenters. The second-order valence-corrected chi connectivity index (χ2v) is 5.05. The average Bonchev–Trinajstić information content (AvgIpc) is 2.86. The average molecular weight is 293 g/mol. The highest BCUT2D eigenvalue weighted by molar-refractivity contribution is 5.96. The summed E-state index contributed by atoms with van der Waals surface area (Å²) in [6.07, 6.45) is 3.31. The van der Waals surface area contributed by atoms with E-state index in [0.717, 1.165) is 16.8 Å². The molecule has 0 saturated heterocycles. The number of carbonyl (C=O) groups is 1. The lowest BCUT2D eigenvalue weighted by atomic mass is 10.1. The number of carboxylic acid groups (broad SMARTS) is 1. The molecule has 2 aromatic heterocycles. The molecule has 5 nitrogen and oxygen atoms in total. The number of carboxylic acids is 1. The van der Waals surface area contributed by atoms with Crippen molar-refractivity contribution in [2.24, 2.45) is 0 Å². The lowest BCUT2D eigenvalue weighted by molar-refractivity contribution is 0.0697. The molecule has 0 bridgehead atoms. The molecule has 0 spiro atoms. The fourth-order valence-corrected chi connectivity index (χ4v) is 2.53. The van der Waals surface area contributed by atoms with Gasteiger partial charge in [-0.2, -0.15) is 5.10 Å². The molecular weight excluding hydrogens is 278 g/mol. The van der Waals surface area contributed by atoms with Crippen LogP contribution in [0.4, 0.5) is 0 Å². The van der Waals surface area contributed by atoms with E-state index in [0.29, 0.717) is 11.4 Å². The number of aryl methyl sites for hydroxylation is 2. The summed E-state index contributed by atoms with van der Waals surface area (Å²) in [7, 11) is 0. The number of pyridine rings is 1. The maximum atomic E-state index is 11.7. The Morgan fingerprint density at radius 2 is 1.91 bits per heavy atom. The van der Waals surface area contributed by atoms with Crippen LogP contribution in [0.25, 0.3) is 16.9 Å². The first-order valence-corrected chi connectivity index (χ1v) is 6.89. The van der Waals surface area contributed by atoms with Gasteiger partial charge in [0.25, 0.3) is 0 Å². The Kier molecular flexibility index (Phi) is 3.47. The second kappa shape index (κ2) is 5.44. The number of nitrogens with zero attached hydrogens (tertiary/aromatic N) is 3. The lowest BCUT2D eigenvalue weighted by Gasteiger charge is -2.10. The van der Waals surface area contributed by atoms with Crippen molar-refractivity contribution in [1.82, 2.24) is 14.8 Å². The number of rotatable bonds is 3. The maximum absolute atomic E-state index is 11.7. The molecule has 0 unspecified atom stereocenters. The number of para-hydroxylation sites is 1. The molecule has 5 heteroatoms. The van der Waals surface area contributed by atoms with Crippen LogP contribution in [0.2, 0.25) is 0 Å². The fraction of sp³-hybridized carbons (Fsp3) is 0.118. The summed E-state index contributed by atoms with van der Waals surface area (Å²) in [6, 6.07) is 11.4. The van der Waals surface area contributed by atoms with Crippen molar-refractivity contribution < 1.29 is 9.90 Å². The highest BCUT2D eigenvalue weighted by atomic mass is 16.4. The van der Waals surface area contributed by atoms with Gasteiger partial charge in [-0.05, 0) is 37.6 Å². The van der Waals surface area contributed by atoms with Crippen LogP contribution in [0.5, 0.6) is 0 Å². The summed E-state index contributed by atoms with van der Waals surface area (Å²) in [5, 5.41) is 14.0. The van der Waals surface area contributed by atoms with E-state index in [4.69, 9.17) is 0 Å². The zero-order valence-corrected chi connectivity index (χ0v) is 12.3. The first-order chi connectivity index (χ1) is 10.6. The van der Waals surface area contributed by atoms with Crippen molar-refractivity contribution in [3.05, 3.63) is 65.6 Å². The molecule has 0 radical (unpaired) electrons. The quantitative estimate of drug-likeness (QED) is 0.805. The first-order valence-electron chi connectivity index (χ1n) is 6.89. The predicted octanol–water partition coefficient (Wildman–Crippen LogP) is 3.25. The molecule has 3 rings (SSSR count). The highest BCUT2D eigenvalue weighted by Crippen LogP contribution is 2.29. The van der Waals surface area contributed by atoms with Gasteiger partial charge in [-0.25, -0.2) is 9.48 Å². The monoisotopic (exact) mass is 293 g/mol. The molecule has 0 aliphatic rings. The third kappa shape index (κ3) is 2.26. The standard InChI is InChI=1S/C17H15N3O2/c1-11-6-3-4-8-14(11)20-16(13-7-5-9-18-10-13)15(17(21)22)12(2)19-20/h3-10H,1-2H3,(H,21,22). The van der Waals surface area contributed by atoms with Crippen LogP contribution in [0.1, 0.15) is 21.6 Å². The van der Waals surface area contributed by atoms with E-state index < -0.39 is 5.97 Å². The van der Waals surface area contributed by atoms with Crippen LogP contribution in [-0.2, 0) is 0 Å². The molecule has 110 valence electrons. The van der Waals surface area contributed by atoms with Crippen LogP contribution in [0.15, 0.2) is 48.8 Å². The van der Waals surface area contributed by atoms with Crippen LogP contribution in [0.3, 0.4) is 0 Å². The number of hydrogen-bond acceptors (Lipinski definition) is 3. The molecule has 2 heterocycles. The van der Waals surface area contributed by atoms with E-state index >= 15 is 0 Å². The number of hydrogen-bond donors (Lipinski definition) is 1. The fourth-order valence-electron chi connectivity index (χ4n) is 2.53. The summed E-state index contributed by atoms with van der Waals surface area (Å²) < 4.78 is 1.69. The third-order valence-corrected chi connectivity index (χ3v) is 3.55. The van der Waals surface area contributed by atoms with Gasteiger partial charge in [0.2, 0.25) is 0 Å². The number of aromatic carboxylic acids is 1. The number of benzene rings is 1. The van der Waals surface area contributed by atoms with Crippen LogP contribution < -0.4 is 0 Å². The zero-order valence-electron chi connectivity index (χ0n) is 12.3. The van der Waals surface area contributed by atoms with Gasteiger partial charge in [-0.15, -0.1) is 0 Å². The molecule has 1 N–H and O–H groups in total. The molecule has 0 fully saturated rings. The van der Waals surface area contributed by atoms with Crippen molar-refractivity contribution in [3.63, 3.8) is 0 Å². The van der Waals surface area contributed by atoms with Crippen molar-refractivity contribution in [3.8, 4) is 16.9 Å². The first kappa shape index (κ1) is 14.0. The summed E-state index contributed by atoms with van der Waals surface area (Å²) in [6.45, 7) is 3.68. The van der Waals surface area contributed by atoms with E-state index in [1.165, 1.54) is 0 Å². The molecule has 0 amide bonds. The van der Waals surface area contributed by atoms with E-state index in [-0.39, 0.29) is 5.56 Å². The van der Waals surface area contributed by atoms with E-state index in [1.807, 2.05) is 37.3 Å². The normalized spacial score (nSPS) is 10.6. The molecule has 0 aliphatic heterocycles. The van der Waals surface area contributed by atoms with Crippen molar-refractivity contribution in [2.75, 3.05) is 0 Å². The van der Waals surface area contributed by atoms with E-state index in [2.05, 4.69) is 10.1 Å². The second-order valence-electron chi connectivity index (χ2n) is 5.05. The van der Waals surface area contributed by atoms with Crippen molar-refractivity contribution >= 4 is 5.97 Å². The van der Waals surface area contributed by atoms with Crippen molar-refractivity contribution in [1.29, 1.82) is 0 Å². The van der Waals surface area contributed by atoms with Gasteiger partial charge in [-0.1, -0.05) is 18.2 Å². The number of aromatic nitrogens is 3. The van der Waals surface area contributed by atoms with Gasteiger partial charge < -0.3 is 5.11 Å².